The molecule has 22 heavy (non-hydrogen) atoms. The van der Waals surface area contributed by atoms with Crippen LogP contribution in [0.4, 0.5) is 11.5 Å². The maximum atomic E-state index is 5.91. The zero-order valence-electron chi connectivity index (χ0n) is 12.6. The second-order valence-electron chi connectivity index (χ2n) is 5.94. The number of nitrogens with two attached hydrogens (primary N) is 1. The molecule has 0 bridgehead atoms. The second-order valence-corrected chi connectivity index (χ2v) is 5.94. The summed E-state index contributed by atoms with van der Waals surface area (Å²) in [5.74, 6) is 0.887. The van der Waals surface area contributed by atoms with Gasteiger partial charge in [-0.3, -0.25) is 0 Å². The molecule has 0 fully saturated rings. The molecule has 5 heteroatoms. The van der Waals surface area contributed by atoms with Crippen molar-refractivity contribution in [3.05, 3.63) is 53.5 Å². The minimum Gasteiger partial charge on any atom is -0.399 e. The molecule has 1 aromatic carbocycles. The number of hydrogen-bond acceptors (Lipinski definition) is 4. The third-order valence-electron chi connectivity index (χ3n) is 4.30. The fourth-order valence-electron chi connectivity index (χ4n) is 3.30. The number of nitrogens with zero attached hydrogens (tertiary/aromatic N) is 3. The van der Waals surface area contributed by atoms with Gasteiger partial charge in [0.05, 0.1) is 11.7 Å². The summed E-state index contributed by atoms with van der Waals surface area (Å²) in [6, 6.07) is 8.56. The van der Waals surface area contributed by atoms with Gasteiger partial charge < -0.3 is 11.1 Å². The van der Waals surface area contributed by atoms with Crippen molar-refractivity contribution in [2.24, 2.45) is 0 Å². The molecule has 1 atom stereocenters. The molecule has 1 aliphatic rings. The van der Waals surface area contributed by atoms with Gasteiger partial charge in [0.1, 0.15) is 5.52 Å². The van der Waals surface area contributed by atoms with E-state index in [9.17, 15) is 0 Å². The normalized spacial score (nSPS) is 17.4. The van der Waals surface area contributed by atoms with Gasteiger partial charge in [0, 0.05) is 18.1 Å². The summed E-state index contributed by atoms with van der Waals surface area (Å²) in [5, 5.41) is 8.04. The lowest BCUT2D eigenvalue weighted by Gasteiger charge is -2.27. The highest BCUT2D eigenvalue weighted by Crippen LogP contribution is 2.33. The Morgan fingerprint density at radius 3 is 3.14 bits per heavy atom. The topological polar surface area (TPSA) is 68.2 Å². The molecule has 4 rings (SSSR count). The molecule has 1 unspecified atom stereocenters. The van der Waals surface area contributed by atoms with E-state index >= 15 is 0 Å². The van der Waals surface area contributed by atoms with Gasteiger partial charge in [-0.25, -0.2) is 9.50 Å². The molecule has 1 aliphatic carbocycles. The average molecular weight is 293 g/mol. The highest BCUT2D eigenvalue weighted by molar-refractivity contribution is 5.68. The Morgan fingerprint density at radius 2 is 2.23 bits per heavy atom. The number of rotatable bonds is 2. The number of anilines is 2. The maximum absolute atomic E-state index is 5.91. The predicted octanol–water partition coefficient (Wildman–Crippen LogP) is 3.11. The molecule has 5 nitrogen and oxygen atoms in total. The van der Waals surface area contributed by atoms with Gasteiger partial charge in [-0.05, 0) is 55.5 Å². The van der Waals surface area contributed by atoms with Crippen molar-refractivity contribution in [2.75, 3.05) is 11.1 Å². The molecule has 3 aromatic rings. The monoisotopic (exact) mass is 293 g/mol. The van der Waals surface area contributed by atoms with Gasteiger partial charge in [0.25, 0.3) is 0 Å². The van der Waals surface area contributed by atoms with Crippen LogP contribution in [0.25, 0.3) is 5.52 Å². The molecule has 3 N–H and O–H groups in total. The molecule has 0 radical (unpaired) electrons. The number of nitrogen functional groups attached to an aromatic ring is 1. The van der Waals surface area contributed by atoms with Gasteiger partial charge >= 0.3 is 0 Å². The Bertz CT molecular complexity index is 836. The van der Waals surface area contributed by atoms with E-state index < -0.39 is 0 Å². The Hall–Kier alpha value is -2.56. The van der Waals surface area contributed by atoms with Crippen molar-refractivity contribution in [1.29, 1.82) is 0 Å². The van der Waals surface area contributed by atoms with Crippen LogP contribution < -0.4 is 11.1 Å². The first kappa shape index (κ1) is 13.1. The van der Waals surface area contributed by atoms with E-state index in [1.807, 2.05) is 23.7 Å². The first-order valence-corrected chi connectivity index (χ1v) is 7.66. The molecule has 0 amide bonds. The van der Waals surface area contributed by atoms with Crippen molar-refractivity contribution >= 4 is 17.0 Å². The zero-order chi connectivity index (χ0) is 15.1. The van der Waals surface area contributed by atoms with E-state index in [-0.39, 0.29) is 6.04 Å². The van der Waals surface area contributed by atoms with Crippen LogP contribution in [0.5, 0.6) is 0 Å². The standard InChI is InChI=1S/C17H19N5/c1-11-9-16-17(19-7-8-22(16)21-11)20-15-4-2-3-12-10-13(18)5-6-14(12)15/h5-10,15H,2-4,18H2,1H3,(H,19,20). The van der Waals surface area contributed by atoms with Crippen molar-refractivity contribution in [1.82, 2.24) is 14.6 Å². The van der Waals surface area contributed by atoms with Crippen molar-refractivity contribution in [2.45, 2.75) is 32.2 Å². The Kier molecular flexibility index (Phi) is 2.99. The van der Waals surface area contributed by atoms with Crippen LogP contribution in [0.2, 0.25) is 0 Å². The van der Waals surface area contributed by atoms with E-state index in [0.29, 0.717) is 0 Å². The van der Waals surface area contributed by atoms with Crippen LogP contribution in [0.3, 0.4) is 0 Å². The molecule has 0 aliphatic heterocycles. The van der Waals surface area contributed by atoms with Gasteiger partial charge in [-0.15, -0.1) is 0 Å². The number of hydrogen-bond donors (Lipinski definition) is 2. The van der Waals surface area contributed by atoms with Crippen LogP contribution in [-0.4, -0.2) is 14.6 Å². The third kappa shape index (κ3) is 2.19. The quantitative estimate of drug-likeness (QED) is 0.712. The van der Waals surface area contributed by atoms with Crippen LogP contribution in [0, 0.1) is 6.92 Å². The van der Waals surface area contributed by atoms with Gasteiger partial charge in [-0.2, -0.15) is 5.10 Å². The minimum absolute atomic E-state index is 0.276. The van der Waals surface area contributed by atoms with Crippen molar-refractivity contribution < 1.29 is 0 Å². The molecular weight excluding hydrogens is 274 g/mol. The lowest BCUT2D eigenvalue weighted by atomic mass is 9.87. The first-order chi connectivity index (χ1) is 10.7. The maximum Gasteiger partial charge on any atom is 0.152 e. The zero-order valence-corrected chi connectivity index (χ0v) is 12.6. The van der Waals surface area contributed by atoms with E-state index in [2.05, 4.69) is 33.6 Å². The summed E-state index contributed by atoms with van der Waals surface area (Å²) in [6.07, 6.45) is 7.03. The van der Waals surface area contributed by atoms with Gasteiger partial charge in [0.2, 0.25) is 0 Å². The van der Waals surface area contributed by atoms with Crippen molar-refractivity contribution in [3.63, 3.8) is 0 Å². The SMILES string of the molecule is Cc1cc2c(NC3CCCc4cc(N)ccc43)nccn2n1. The lowest BCUT2D eigenvalue weighted by molar-refractivity contribution is 0.599. The molecule has 112 valence electrons. The summed E-state index contributed by atoms with van der Waals surface area (Å²) >= 11 is 0. The smallest absolute Gasteiger partial charge is 0.152 e. The minimum atomic E-state index is 0.276. The van der Waals surface area contributed by atoms with Gasteiger partial charge in [-0.1, -0.05) is 6.07 Å². The predicted molar refractivity (Wildman–Crippen MR) is 87.9 cm³/mol. The largest absolute Gasteiger partial charge is 0.399 e. The number of benzene rings is 1. The summed E-state index contributed by atoms with van der Waals surface area (Å²) < 4.78 is 1.87. The highest BCUT2D eigenvalue weighted by Gasteiger charge is 2.21. The number of nitrogens with one attached hydrogen (secondary N) is 1. The highest BCUT2D eigenvalue weighted by atomic mass is 15.2. The first-order valence-electron chi connectivity index (χ1n) is 7.66. The molecule has 0 saturated carbocycles. The molecule has 2 aromatic heterocycles. The molecule has 2 heterocycles. The summed E-state index contributed by atoms with van der Waals surface area (Å²) in [5.41, 5.74) is 11.4. The summed E-state index contributed by atoms with van der Waals surface area (Å²) in [6.45, 7) is 2.00. The average Bonchev–Trinajstić information content (AvgIpc) is 2.88. The van der Waals surface area contributed by atoms with E-state index in [4.69, 9.17) is 5.73 Å². The van der Waals surface area contributed by atoms with Crippen LogP contribution >= 0.6 is 0 Å². The fraction of sp³-hybridized carbons (Fsp3) is 0.294. The number of aromatic nitrogens is 3. The fourth-order valence-corrected chi connectivity index (χ4v) is 3.30. The van der Waals surface area contributed by atoms with Crippen LogP contribution in [-0.2, 0) is 6.42 Å². The molecule has 0 spiro atoms. The van der Waals surface area contributed by atoms with Crippen LogP contribution in [0.15, 0.2) is 36.7 Å². The van der Waals surface area contributed by atoms with Crippen LogP contribution in [0.1, 0.15) is 35.7 Å². The Morgan fingerprint density at radius 1 is 1.32 bits per heavy atom. The second kappa shape index (κ2) is 5.02. The number of aryl methyl sites for hydroxylation is 2. The Balaban J connectivity index is 1.72. The number of fused-ring (bicyclic) bond motifs is 2. The third-order valence-corrected chi connectivity index (χ3v) is 4.30. The van der Waals surface area contributed by atoms with E-state index in [0.717, 1.165) is 42.0 Å². The van der Waals surface area contributed by atoms with E-state index in [1.54, 1.807) is 6.20 Å². The van der Waals surface area contributed by atoms with E-state index in [1.165, 1.54) is 11.1 Å². The van der Waals surface area contributed by atoms with Gasteiger partial charge in [0.15, 0.2) is 5.82 Å². The lowest BCUT2D eigenvalue weighted by Crippen LogP contribution is -2.18. The summed E-state index contributed by atoms with van der Waals surface area (Å²) in [7, 11) is 0. The Labute approximate surface area is 129 Å². The summed E-state index contributed by atoms with van der Waals surface area (Å²) in [4.78, 5) is 4.51. The molecule has 0 saturated heterocycles. The van der Waals surface area contributed by atoms with Crippen molar-refractivity contribution in [3.8, 4) is 0 Å². The molecular formula is C17H19N5.